The van der Waals surface area contributed by atoms with Gasteiger partial charge < -0.3 is 6.42 Å². The Hall–Kier alpha value is -0.780. The lowest BCUT2D eigenvalue weighted by Crippen LogP contribution is -1.96. The molecule has 0 radical (unpaired) electrons. The summed E-state index contributed by atoms with van der Waals surface area (Å²) in [5.74, 6) is 0.741. The lowest BCUT2D eigenvalue weighted by atomic mass is 9.99. The molecule has 1 rings (SSSR count). The van der Waals surface area contributed by atoms with E-state index in [1.165, 1.54) is 12.0 Å². The molecule has 66 valence electrons. The van der Waals surface area contributed by atoms with E-state index in [0.717, 1.165) is 12.3 Å². The lowest BCUT2D eigenvalue weighted by Gasteiger charge is -2.19. The Bertz CT molecular complexity index is 201. The topological polar surface area (TPSA) is 0 Å². The summed E-state index contributed by atoms with van der Waals surface area (Å²) in [6.07, 6.45) is 4.73. The minimum absolute atomic E-state index is 0.741. The SMILES string of the molecule is CCC(C)[CH-]Cc1ccccc1. The van der Waals surface area contributed by atoms with Crippen LogP contribution in [0.25, 0.3) is 0 Å². The van der Waals surface area contributed by atoms with Crippen LogP contribution >= 0.6 is 0 Å². The maximum atomic E-state index is 2.38. The van der Waals surface area contributed by atoms with Gasteiger partial charge in [-0.15, -0.1) is 0 Å². The highest BCUT2D eigenvalue weighted by Gasteiger charge is 1.88. The first-order chi connectivity index (χ1) is 5.83. The molecule has 0 aliphatic rings. The van der Waals surface area contributed by atoms with E-state index in [1.54, 1.807) is 0 Å². The Morgan fingerprint density at radius 1 is 1.25 bits per heavy atom. The normalized spacial score (nSPS) is 12.8. The van der Waals surface area contributed by atoms with Gasteiger partial charge >= 0.3 is 0 Å². The summed E-state index contributed by atoms with van der Waals surface area (Å²) >= 11 is 0. The standard InChI is InChI=1S/C12H17/c1-3-11(2)9-10-12-7-5-4-6-8-12/h4-9,11H,3,10H2,1-2H3/q-1. The molecular weight excluding hydrogens is 144 g/mol. The van der Waals surface area contributed by atoms with E-state index in [0.29, 0.717) is 0 Å². The molecular formula is C12H17-. The summed E-state index contributed by atoms with van der Waals surface area (Å²) in [5, 5.41) is 0. The van der Waals surface area contributed by atoms with Crippen LogP contribution < -0.4 is 0 Å². The third kappa shape index (κ3) is 3.08. The van der Waals surface area contributed by atoms with E-state index >= 15 is 0 Å². The second-order valence-electron chi connectivity index (χ2n) is 3.31. The van der Waals surface area contributed by atoms with Crippen molar-refractivity contribution in [2.75, 3.05) is 0 Å². The summed E-state index contributed by atoms with van der Waals surface area (Å²) in [6.45, 7) is 4.50. The summed E-state index contributed by atoms with van der Waals surface area (Å²) in [6, 6.07) is 10.6. The average Bonchev–Trinajstić information content (AvgIpc) is 2.16. The van der Waals surface area contributed by atoms with Gasteiger partial charge in [0.15, 0.2) is 0 Å². The Morgan fingerprint density at radius 3 is 2.50 bits per heavy atom. The minimum atomic E-state index is 0.741. The quantitative estimate of drug-likeness (QED) is 0.593. The Balaban J connectivity index is 2.33. The van der Waals surface area contributed by atoms with E-state index in [9.17, 15) is 0 Å². The van der Waals surface area contributed by atoms with Crippen LogP contribution in [-0.4, -0.2) is 0 Å². The molecule has 12 heavy (non-hydrogen) atoms. The van der Waals surface area contributed by atoms with E-state index in [-0.39, 0.29) is 0 Å². The molecule has 0 nitrogen and oxygen atoms in total. The first-order valence-corrected chi connectivity index (χ1v) is 4.70. The van der Waals surface area contributed by atoms with Gasteiger partial charge in [-0.25, -0.2) is 0 Å². The molecule has 0 saturated heterocycles. The second kappa shape index (κ2) is 4.97. The van der Waals surface area contributed by atoms with Crippen LogP contribution in [0, 0.1) is 12.3 Å². The number of benzene rings is 1. The molecule has 0 aliphatic carbocycles. The van der Waals surface area contributed by atoms with Gasteiger partial charge in [0.05, 0.1) is 0 Å². The number of hydrogen-bond donors (Lipinski definition) is 0. The zero-order valence-electron chi connectivity index (χ0n) is 7.96. The molecule has 0 N–H and O–H groups in total. The molecule has 0 spiro atoms. The van der Waals surface area contributed by atoms with Crippen molar-refractivity contribution in [2.24, 2.45) is 5.92 Å². The molecule has 0 bridgehead atoms. The molecule has 0 heterocycles. The maximum absolute atomic E-state index is 2.38. The molecule has 0 aromatic heterocycles. The van der Waals surface area contributed by atoms with Crippen molar-refractivity contribution < 1.29 is 0 Å². The van der Waals surface area contributed by atoms with Gasteiger partial charge in [0.25, 0.3) is 0 Å². The van der Waals surface area contributed by atoms with Crippen molar-refractivity contribution in [3.63, 3.8) is 0 Å². The van der Waals surface area contributed by atoms with Crippen molar-refractivity contribution in [3.8, 4) is 0 Å². The van der Waals surface area contributed by atoms with Gasteiger partial charge in [0.1, 0.15) is 0 Å². The highest BCUT2D eigenvalue weighted by molar-refractivity contribution is 5.16. The van der Waals surface area contributed by atoms with Gasteiger partial charge in [-0.2, -0.15) is 12.3 Å². The van der Waals surface area contributed by atoms with Crippen molar-refractivity contribution in [1.82, 2.24) is 0 Å². The number of hydrogen-bond acceptors (Lipinski definition) is 0. The Kier molecular flexibility index (Phi) is 3.86. The molecule has 0 aliphatic heterocycles. The van der Waals surface area contributed by atoms with Crippen molar-refractivity contribution >= 4 is 0 Å². The fourth-order valence-corrected chi connectivity index (χ4v) is 1.12. The van der Waals surface area contributed by atoms with Crippen molar-refractivity contribution in [3.05, 3.63) is 42.3 Å². The van der Waals surface area contributed by atoms with E-state index < -0.39 is 0 Å². The van der Waals surface area contributed by atoms with E-state index in [4.69, 9.17) is 0 Å². The van der Waals surface area contributed by atoms with Gasteiger partial charge in [0, 0.05) is 0 Å². The van der Waals surface area contributed by atoms with Gasteiger partial charge in [-0.1, -0.05) is 56.2 Å². The Morgan fingerprint density at radius 2 is 1.92 bits per heavy atom. The van der Waals surface area contributed by atoms with Gasteiger partial charge in [0.2, 0.25) is 0 Å². The van der Waals surface area contributed by atoms with E-state index in [2.05, 4.69) is 50.6 Å². The molecule has 1 atom stereocenters. The zero-order valence-corrected chi connectivity index (χ0v) is 7.96. The molecule has 0 amide bonds. The van der Waals surface area contributed by atoms with Crippen LogP contribution in [0.15, 0.2) is 30.3 Å². The molecule has 1 aromatic rings. The van der Waals surface area contributed by atoms with Gasteiger partial charge in [-0.05, 0) is 0 Å². The van der Waals surface area contributed by atoms with Crippen LogP contribution in [0.2, 0.25) is 0 Å². The zero-order chi connectivity index (χ0) is 8.81. The molecule has 0 fully saturated rings. The monoisotopic (exact) mass is 161 g/mol. The Labute approximate surface area is 75.6 Å². The van der Waals surface area contributed by atoms with Crippen LogP contribution in [0.1, 0.15) is 25.8 Å². The summed E-state index contributed by atoms with van der Waals surface area (Å²) < 4.78 is 0. The summed E-state index contributed by atoms with van der Waals surface area (Å²) in [7, 11) is 0. The highest BCUT2D eigenvalue weighted by atomic mass is 14.0. The molecule has 1 unspecified atom stereocenters. The first kappa shape index (κ1) is 9.31. The fraction of sp³-hybridized carbons (Fsp3) is 0.417. The molecule has 0 saturated carbocycles. The maximum Gasteiger partial charge on any atom is -0.0616 e. The van der Waals surface area contributed by atoms with Gasteiger partial charge in [-0.3, -0.25) is 0 Å². The van der Waals surface area contributed by atoms with Crippen molar-refractivity contribution in [2.45, 2.75) is 26.7 Å². The fourth-order valence-electron chi connectivity index (χ4n) is 1.12. The van der Waals surface area contributed by atoms with Crippen LogP contribution in [-0.2, 0) is 6.42 Å². The summed E-state index contributed by atoms with van der Waals surface area (Å²) in [5.41, 5.74) is 1.41. The highest BCUT2D eigenvalue weighted by Crippen LogP contribution is 2.10. The predicted octanol–water partition coefficient (Wildman–Crippen LogP) is 3.48. The number of rotatable bonds is 4. The first-order valence-electron chi connectivity index (χ1n) is 4.70. The summed E-state index contributed by atoms with van der Waals surface area (Å²) in [4.78, 5) is 0. The van der Waals surface area contributed by atoms with Crippen LogP contribution in [0.4, 0.5) is 0 Å². The molecule has 1 aromatic carbocycles. The van der Waals surface area contributed by atoms with Crippen molar-refractivity contribution in [1.29, 1.82) is 0 Å². The lowest BCUT2D eigenvalue weighted by molar-refractivity contribution is 0.631. The largest absolute Gasteiger partial charge is 0.321 e. The van der Waals surface area contributed by atoms with Crippen LogP contribution in [0.3, 0.4) is 0 Å². The minimum Gasteiger partial charge on any atom is -0.321 e. The third-order valence-corrected chi connectivity index (χ3v) is 2.24. The van der Waals surface area contributed by atoms with Crippen LogP contribution in [0.5, 0.6) is 0 Å². The average molecular weight is 161 g/mol. The predicted molar refractivity (Wildman–Crippen MR) is 53.9 cm³/mol. The third-order valence-electron chi connectivity index (χ3n) is 2.24. The smallest absolute Gasteiger partial charge is 0.0616 e. The second-order valence-corrected chi connectivity index (χ2v) is 3.31. The van der Waals surface area contributed by atoms with E-state index in [1.807, 2.05) is 0 Å². The molecule has 0 heteroatoms.